The molecule has 3 aromatic carbocycles. The van der Waals surface area contributed by atoms with Crippen molar-refractivity contribution >= 4 is 0 Å². The van der Waals surface area contributed by atoms with Crippen molar-refractivity contribution in [2.45, 2.75) is 26.7 Å². The van der Waals surface area contributed by atoms with Gasteiger partial charge in [-0.15, -0.1) is 0 Å². The number of benzene rings is 3. The van der Waals surface area contributed by atoms with Crippen LogP contribution in [0.15, 0.2) is 72.8 Å². The highest BCUT2D eigenvalue weighted by atomic mass is 14.0. The summed E-state index contributed by atoms with van der Waals surface area (Å²) in [5.41, 5.74) is 6.64. The molecule has 0 saturated carbocycles. The Morgan fingerprint density at radius 1 is 0.500 bits per heavy atom. The van der Waals surface area contributed by atoms with Gasteiger partial charge in [0.15, 0.2) is 0 Å². The average Bonchev–Trinajstić information content (AvgIpc) is 2.72. The van der Waals surface area contributed by atoms with Crippen LogP contribution in [0.1, 0.15) is 47.2 Å². The lowest BCUT2D eigenvalue weighted by Crippen LogP contribution is -1.85. The molecule has 26 heavy (non-hydrogen) atoms. The van der Waals surface area contributed by atoms with E-state index in [9.17, 15) is 0 Å². The van der Waals surface area contributed by atoms with Crippen molar-refractivity contribution in [1.29, 1.82) is 0 Å². The molecule has 0 aliphatic rings. The van der Waals surface area contributed by atoms with Gasteiger partial charge in [-0.05, 0) is 60.4 Å². The summed E-state index contributed by atoms with van der Waals surface area (Å²) in [7, 11) is 0. The number of hydrogen-bond acceptors (Lipinski definition) is 0. The largest absolute Gasteiger partial charge is 0.0616 e. The Balaban J connectivity index is 1.84. The summed E-state index contributed by atoms with van der Waals surface area (Å²) in [4.78, 5) is 0. The van der Waals surface area contributed by atoms with Crippen LogP contribution in [0.4, 0.5) is 0 Å². The smallest absolute Gasteiger partial charge is 0.0405 e. The van der Waals surface area contributed by atoms with Crippen LogP contribution in [0.25, 0.3) is 0 Å². The van der Waals surface area contributed by atoms with E-state index in [0.29, 0.717) is 0 Å². The zero-order chi connectivity index (χ0) is 18.2. The highest BCUT2D eigenvalue weighted by molar-refractivity contribution is 5.54. The van der Waals surface area contributed by atoms with Crippen LogP contribution in [0.2, 0.25) is 0 Å². The molecule has 0 atom stereocenters. The number of rotatable bonds is 2. The van der Waals surface area contributed by atoms with E-state index in [2.05, 4.69) is 86.1 Å². The van der Waals surface area contributed by atoms with Gasteiger partial charge in [0.1, 0.15) is 0 Å². The van der Waals surface area contributed by atoms with Gasteiger partial charge >= 0.3 is 0 Å². The van der Waals surface area contributed by atoms with E-state index in [1.807, 2.05) is 24.3 Å². The molecule has 0 saturated heterocycles. The Labute approximate surface area is 156 Å². The molecule has 0 heterocycles. The quantitative estimate of drug-likeness (QED) is 0.534. The van der Waals surface area contributed by atoms with Gasteiger partial charge in [0.05, 0.1) is 0 Å². The molecule has 3 rings (SSSR count). The van der Waals surface area contributed by atoms with Crippen LogP contribution in [-0.2, 0) is 12.8 Å². The monoisotopic (exact) mass is 334 g/mol. The second-order valence-electron chi connectivity index (χ2n) is 6.15. The van der Waals surface area contributed by atoms with Gasteiger partial charge in [0.25, 0.3) is 0 Å². The predicted molar refractivity (Wildman–Crippen MR) is 110 cm³/mol. The minimum Gasteiger partial charge on any atom is -0.0616 e. The van der Waals surface area contributed by atoms with Crippen LogP contribution in [0.3, 0.4) is 0 Å². The highest BCUT2D eigenvalue weighted by Gasteiger charge is 1.96. The van der Waals surface area contributed by atoms with Crippen molar-refractivity contribution in [3.8, 4) is 23.7 Å². The first-order valence-corrected chi connectivity index (χ1v) is 9.09. The molecule has 0 nitrogen and oxygen atoms in total. The molecule has 0 spiro atoms. The molecule has 0 aromatic heterocycles. The summed E-state index contributed by atoms with van der Waals surface area (Å²) in [6.45, 7) is 4.32. The minimum absolute atomic E-state index is 0.963. The molecule has 0 fully saturated rings. The zero-order valence-electron chi connectivity index (χ0n) is 15.3. The third-order valence-corrected chi connectivity index (χ3v) is 4.33. The van der Waals surface area contributed by atoms with Gasteiger partial charge in [-0.2, -0.15) is 0 Å². The maximum Gasteiger partial charge on any atom is 0.0405 e. The van der Waals surface area contributed by atoms with Crippen LogP contribution < -0.4 is 0 Å². The van der Waals surface area contributed by atoms with Gasteiger partial charge in [0, 0.05) is 22.3 Å². The second-order valence-corrected chi connectivity index (χ2v) is 6.15. The van der Waals surface area contributed by atoms with E-state index < -0.39 is 0 Å². The van der Waals surface area contributed by atoms with E-state index in [4.69, 9.17) is 0 Å². The normalized spacial score (nSPS) is 9.62. The predicted octanol–water partition coefficient (Wildman–Crippen LogP) is 5.61. The fourth-order valence-corrected chi connectivity index (χ4v) is 2.63. The van der Waals surface area contributed by atoms with Crippen molar-refractivity contribution in [2.75, 3.05) is 0 Å². The lowest BCUT2D eigenvalue weighted by molar-refractivity contribution is 1.14. The zero-order valence-corrected chi connectivity index (χ0v) is 15.3. The van der Waals surface area contributed by atoms with E-state index in [1.165, 1.54) is 11.1 Å². The van der Waals surface area contributed by atoms with Gasteiger partial charge in [0.2, 0.25) is 0 Å². The third-order valence-electron chi connectivity index (χ3n) is 4.33. The second kappa shape index (κ2) is 8.75. The summed E-state index contributed by atoms with van der Waals surface area (Å²) in [5.74, 6) is 13.0. The van der Waals surface area contributed by atoms with Crippen molar-refractivity contribution in [3.63, 3.8) is 0 Å². The number of hydrogen-bond donors (Lipinski definition) is 0. The molecule has 0 bridgehead atoms. The van der Waals surface area contributed by atoms with E-state index in [0.717, 1.165) is 35.1 Å². The Morgan fingerprint density at radius 3 is 1.23 bits per heavy atom. The summed E-state index contributed by atoms with van der Waals surface area (Å²) in [5, 5.41) is 0. The van der Waals surface area contributed by atoms with Gasteiger partial charge in [-0.3, -0.25) is 0 Å². The van der Waals surface area contributed by atoms with Gasteiger partial charge in [-0.1, -0.05) is 73.9 Å². The SMILES string of the molecule is CCc1ccc(C#Cc2ccccc2C#Cc2ccc(CC)cc2)cc1. The highest BCUT2D eigenvalue weighted by Crippen LogP contribution is 2.09. The van der Waals surface area contributed by atoms with Crippen LogP contribution in [0.5, 0.6) is 0 Å². The van der Waals surface area contributed by atoms with E-state index >= 15 is 0 Å². The van der Waals surface area contributed by atoms with Crippen molar-refractivity contribution in [3.05, 3.63) is 106 Å². The molecule has 0 aliphatic heterocycles. The Bertz CT molecular complexity index is 898. The molecule has 0 heteroatoms. The first-order valence-electron chi connectivity index (χ1n) is 9.09. The first kappa shape index (κ1) is 17.6. The summed E-state index contributed by atoms with van der Waals surface area (Å²) in [6, 6.07) is 24.9. The lowest BCUT2D eigenvalue weighted by Gasteiger charge is -1.98. The van der Waals surface area contributed by atoms with Crippen molar-refractivity contribution in [2.24, 2.45) is 0 Å². The molecule has 0 unspecified atom stereocenters. The van der Waals surface area contributed by atoms with Crippen LogP contribution in [-0.4, -0.2) is 0 Å². The maximum absolute atomic E-state index is 3.27. The van der Waals surface area contributed by atoms with Crippen molar-refractivity contribution < 1.29 is 0 Å². The minimum atomic E-state index is 0.963. The number of aryl methyl sites for hydroxylation is 2. The van der Waals surface area contributed by atoms with Crippen molar-refractivity contribution in [1.82, 2.24) is 0 Å². The molecular formula is C26H22. The topological polar surface area (TPSA) is 0 Å². The molecule has 0 N–H and O–H groups in total. The van der Waals surface area contributed by atoms with Gasteiger partial charge in [-0.25, -0.2) is 0 Å². The van der Waals surface area contributed by atoms with Crippen LogP contribution in [0, 0.1) is 23.7 Å². The first-order chi connectivity index (χ1) is 12.8. The lowest BCUT2D eigenvalue weighted by atomic mass is 10.1. The summed E-state index contributed by atoms with van der Waals surface area (Å²) in [6.07, 6.45) is 2.09. The third kappa shape index (κ3) is 4.66. The van der Waals surface area contributed by atoms with Crippen LogP contribution >= 0.6 is 0 Å². The molecule has 0 amide bonds. The summed E-state index contributed by atoms with van der Waals surface area (Å²) < 4.78 is 0. The fourth-order valence-electron chi connectivity index (χ4n) is 2.63. The molecule has 3 aromatic rings. The molecular weight excluding hydrogens is 312 g/mol. The molecule has 126 valence electrons. The maximum atomic E-state index is 3.27. The average molecular weight is 334 g/mol. The Kier molecular flexibility index (Phi) is 5.92. The Morgan fingerprint density at radius 2 is 0.885 bits per heavy atom. The van der Waals surface area contributed by atoms with E-state index in [1.54, 1.807) is 0 Å². The standard InChI is InChI=1S/C26H22/c1-3-21-9-13-23(14-10-21)17-19-25-7-5-6-8-26(25)20-18-24-15-11-22(4-2)12-16-24/h5-16H,3-4H2,1-2H3. The molecule has 0 aliphatic carbocycles. The van der Waals surface area contributed by atoms with Gasteiger partial charge < -0.3 is 0 Å². The van der Waals surface area contributed by atoms with E-state index in [-0.39, 0.29) is 0 Å². The summed E-state index contributed by atoms with van der Waals surface area (Å²) >= 11 is 0. The Hall–Kier alpha value is -3.22. The fraction of sp³-hybridized carbons (Fsp3) is 0.154. The molecule has 0 radical (unpaired) electrons.